The molecule has 9 heteroatoms. The number of amides is 1. The third-order valence-corrected chi connectivity index (χ3v) is 4.09. The lowest BCUT2D eigenvalue weighted by Gasteiger charge is -2.22. The number of carbonyl (C=O) groups excluding carboxylic acids is 1. The van der Waals surface area contributed by atoms with Crippen LogP contribution in [0.2, 0.25) is 0 Å². The fraction of sp³-hybridized carbons (Fsp3) is 0.562. The number of hydrogen-bond acceptors (Lipinski definition) is 3. The SMILES string of the molecule is CCn1cc(CN(C)C(=O)[C@@H](C)n2nc(C(F)(F)F)cc2C)c(C)n1. The third-order valence-electron chi connectivity index (χ3n) is 4.09. The molecule has 6 nitrogen and oxygen atoms in total. The summed E-state index contributed by atoms with van der Waals surface area (Å²) in [5, 5.41) is 7.88. The van der Waals surface area contributed by atoms with Crippen LogP contribution in [0.3, 0.4) is 0 Å². The number of aryl methyl sites for hydroxylation is 3. The molecule has 0 radical (unpaired) electrons. The van der Waals surface area contributed by atoms with E-state index in [0.717, 1.165) is 28.6 Å². The molecule has 2 rings (SSSR count). The van der Waals surface area contributed by atoms with E-state index < -0.39 is 17.9 Å². The van der Waals surface area contributed by atoms with Gasteiger partial charge in [-0.05, 0) is 33.8 Å². The second-order valence-electron chi connectivity index (χ2n) is 6.08. The van der Waals surface area contributed by atoms with E-state index in [1.807, 2.05) is 20.0 Å². The van der Waals surface area contributed by atoms with Gasteiger partial charge in [0.2, 0.25) is 5.91 Å². The summed E-state index contributed by atoms with van der Waals surface area (Å²) in [6.07, 6.45) is -2.67. The van der Waals surface area contributed by atoms with E-state index in [2.05, 4.69) is 10.2 Å². The predicted molar refractivity (Wildman–Crippen MR) is 85.8 cm³/mol. The van der Waals surface area contributed by atoms with Gasteiger partial charge in [-0.3, -0.25) is 14.2 Å². The van der Waals surface area contributed by atoms with Crippen molar-refractivity contribution in [3.8, 4) is 0 Å². The highest BCUT2D eigenvalue weighted by molar-refractivity contribution is 5.79. The van der Waals surface area contributed by atoms with E-state index in [4.69, 9.17) is 0 Å². The van der Waals surface area contributed by atoms with Gasteiger partial charge >= 0.3 is 6.18 Å². The van der Waals surface area contributed by atoms with Crippen LogP contribution >= 0.6 is 0 Å². The van der Waals surface area contributed by atoms with Gasteiger partial charge in [0.1, 0.15) is 6.04 Å². The standard InChI is InChI=1S/C16H22F3N5O/c1-6-23-9-13(11(3)20-23)8-22(5)15(25)12(4)24-10(2)7-14(21-24)16(17,18)19/h7,9,12H,6,8H2,1-5H3/t12-/m1/s1. The van der Waals surface area contributed by atoms with Gasteiger partial charge in [-0.25, -0.2) is 0 Å². The van der Waals surface area contributed by atoms with Gasteiger partial charge in [0.25, 0.3) is 0 Å². The zero-order chi connectivity index (χ0) is 18.9. The Morgan fingerprint density at radius 1 is 1.32 bits per heavy atom. The van der Waals surface area contributed by atoms with Gasteiger partial charge in [-0.1, -0.05) is 0 Å². The topological polar surface area (TPSA) is 56.0 Å². The van der Waals surface area contributed by atoms with Crippen molar-refractivity contribution in [1.29, 1.82) is 0 Å². The Balaban J connectivity index is 2.16. The van der Waals surface area contributed by atoms with Crippen molar-refractivity contribution in [2.75, 3.05) is 7.05 Å². The first-order valence-electron chi connectivity index (χ1n) is 7.95. The summed E-state index contributed by atoms with van der Waals surface area (Å²) in [4.78, 5) is 14.1. The van der Waals surface area contributed by atoms with Crippen molar-refractivity contribution in [1.82, 2.24) is 24.5 Å². The number of nitrogens with zero attached hydrogens (tertiary/aromatic N) is 5. The summed E-state index contributed by atoms with van der Waals surface area (Å²) in [6.45, 7) is 7.92. The molecular weight excluding hydrogens is 335 g/mol. The van der Waals surface area contributed by atoms with E-state index in [1.54, 1.807) is 18.7 Å². The molecule has 0 aromatic carbocycles. The van der Waals surface area contributed by atoms with Crippen molar-refractivity contribution in [3.05, 3.63) is 34.9 Å². The number of carbonyl (C=O) groups is 1. The minimum atomic E-state index is -4.53. The summed E-state index contributed by atoms with van der Waals surface area (Å²) in [7, 11) is 1.62. The largest absolute Gasteiger partial charge is 0.435 e. The Hall–Kier alpha value is -2.32. The maximum absolute atomic E-state index is 12.8. The molecule has 1 atom stereocenters. The number of alkyl halides is 3. The van der Waals surface area contributed by atoms with Gasteiger partial charge in [-0.15, -0.1) is 0 Å². The highest BCUT2D eigenvalue weighted by atomic mass is 19.4. The van der Waals surface area contributed by atoms with E-state index >= 15 is 0 Å². The molecule has 138 valence electrons. The Kier molecular flexibility index (Phi) is 5.24. The molecule has 0 N–H and O–H groups in total. The molecule has 0 aliphatic rings. The first-order valence-corrected chi connectivity index (χ1v) is 7.95. The smallest absolute Gasteiger partial charge is 0.339 e. The van der Waals surface area contributed by atoms with E-state index in [1.165, 1.54) is 11.8 Å². The minimum Gasteiger partial charge on any atom is -0.339 e. The Morgan fingerprint density at radius 3 is 2.44 bits per heavy atom. The molecular formula is C16H22F3N5O. The number of rotatable bonds is 5. The van der Waals surface area contributed by atoms with Gasteiger partial charge in [-0.2, -0.15) is 23.4 Å². The Bertz CT molecular complexity index is 762. The van der Waals surface area contributed by atoms with Crippen LogP contribution in [-0.2, 0) is 24.1 Å². The molecule has 0 bridgehead atoms. The van der Waals surface area contributed by atoms with E-state index in [-0.39, 0.29) is 11.6 Å². The predicted octanol–water partition coefficient (Wildman–Crippen LogP) is 2.95. The van der Waals surface area contributed by atoms with Crippen molar-refractivity contribution >= 4 is 5.91 Å². The van der Waals surface area contributed by atoms with Gasteiger partial charge < -0.3 is 4.90 Å². The minimum absolute atomic E-state index is 0.288. The molecule has 2 heterocycles. The zero-order valence-corrected chi connectivity index (χ0v) is 14.9. The van der Waals surface area contributed by atoms with E-state index in [0.29, 0.717) is 6.54 Å². The highest BCUT2D eigenvalue weighted by Crippen LogP contribution is 2.29. The summed E-state index contributed by atoms with van der Waals surface area (Å²) >= 11 is 0. The van der Waals surface area contributed by atoms with Crippen LogP contribution in [0, 0.1) is 13.8 Å². The molecule has 0 spiro atoms. The fourth-order valence-corrected chi connectivity index (χ4v) is 2.65. The maximum Gasteiger partial charge on any atom is 0.435 e. The molecule has 0 fully saturated rings. The highest BCUT2D eigenvalue weighted by Gasteiger charge is 2.35. The van der Waals surface area contributed by atoms with Gasteiger partial charge in [0.15, 0.2) is 5.69 Å². The maximum atomic E-state index is 12.8. The van der Waals surface area contributed by atoms with Crippen molar-refractivity contribution < 1.29 is 18.0 Å². The molecule has 25 heavy (non-hydrogen) atoms. The second-order valence-corrected chi connectivity index (χ2v) is 6.08. The van der Waals surface area contributed by atoms with Crippen LogP contribution in [0.15, 0.2) is 12.3 Å². The number of aromatic nitrogens is 4. The van der Waals surface area contributed by atoms with Crippen molar-refractivity contribution in [2.24, 2.45) is 0 Å². The molecule has 0 aliphatic heterocycles. The molecule has 0 saturated carbocycles. The lowest BCUT2D eigenvalue weighted by Crippen LogP contribution is -2.33. The summed E-state index contributed by atoms with van der Waals surface area (Å²) < 4.78 is 41.3. The number of halogens is 3. The summed E-state index contributed by atoms with van der Waals surface area (Å²) in [5.41, 5.74) is 1.02. The van der Waals surface area contributed by atoms with Gasteiger partial charge in [0.05, 0.1) is 5.69 Å². The van der Waals surface area contributed by atoms with Crippen LogP contribution < -0.4 is 0 Å². The second kappa shape index (κ2) is 6.89. The zero-order valence-electron chi connectivity index (χ0n) is 14.9. The lowest BCUT2D eigenvalue weighted by atomic mass is 10.2. The number of hydrogen-bond donors (Lipinski definition) is 0. The molecule has 2 aromatic heterocycles. The average Bonchev–Trinajstić information content (AvgIpc) is 3.08. The number of likely N-dealkylation sites (N-methyl/N-ethyl adjacent to an activating group) is 1. The van der Waals surface area contributed by atoms with Crippen LogP contribution in [0.5, 0.6) is 0 Å². The van der Waals surface area contributed by atoms with Crippen LogP contribution in [-0.4, -0.2) is 37.4 Å². The Morgan fingerprint density at radius 2 is 1.96 bits per heavy atom. The first-order chi connectivity index (χ1) is 11.5. The van der Waals surface area contributed by atoms with Crippen molar-refractivity contribution in [3.63, 3.8) is 0 Å². The fourth-order valence-electron chi connectivity index (χ4n) is 2.65. The Labute approximate surface area is 144 Å². The molecule has 0 unspecified atom stereocenters. The molecule has 0 saturated heterocycles. The van der Waals surface area contributed by atoms with Crippen LogP contribution in [0.1, 0.15) is 42.5 Å². The summed E-state index contributed by atoms with van der Waals surface area (Å²) in [5.74, 6) is -0.316. The summed E-state index contributed by atoms with van der Waals surface area (Å²) in [6, 6.07) is 0.113. The lowest BCUT2D eigenvalue weighted by molar-refractivity contribution is -0.142. The quantitative estimate of drug-likeness (QED) is 0.827. The molecule has 1 amide bonds. The van der Waals surface area contributed by atoms with E-state index in [9.17, 15) is 18.0 Å². The molecule has 0 aliphatic carbocycles. The third kappa shape index (κ3) is 4.02. The van der Waals surface area contributed by atoms with Gasteiger partial charge in [0, 0.05) is 37.6 Å². The normalized spacial score (nSPS) is 13.1. The molecule has 2 aromatic rings. The average molecular weight is 357 g/mol. The first kappa shape index (κ1) is 19.0. The van der Waals surface area contributed by atoms with Crippen LogP contribution in [0.25, 0.3) is 0 Å². The monoisotopic (exact) mass is 357 g/mol. The van der Waals surface area contributed by atoms with Crippen LogP contribution in [0.4, 0.5) is 13.2 Å². The van der Waals surface area contributed by atoms with Crippen molar-refractivity contribution in [2.45, 2.75) is 53.0 Å².